The lowest BCUT2D eigenvalue weighted by atomic mass is 10.1. The zero-order chi connectivity index (χ0) is 21.0. The zero-order valence-electron chi connectivity index (χ0n) is 16.5. The molecule has 0 saturated heterocycles. The van der Waals surface area contributed by atoms with Gasteiger partial charge in [0.15, 0.2) is 11.5 Å². The number of benzene rings is 3. The number of nitrogens with one attached hydrogen (secondary N) is 1. The Kier molecular flexibility index (Phi) is 7.33. The number of hydrogen-bond acceptors (Lipinski definition) is 3. The van der Waals surface area contributed by atoms with Crippen molar-refractivity contribution in [1.29, 1.82) is 0 Å². The molecule has 0 atom stereocenters. The van der Waals surface area contributed by atoms with E-state index in [1.165, 1.54) is 11.1 Å². The maximum absolute atomic E-state index is 6.08. The van der Waals surface area contributed by atoms with Crippen LogP contribution in [0.4, 0.5) is 5.69 Å². The summed E-state index contributed by atoms with van der Waals surface area (Å²) >= 11 is 15.7. The normalized spacial score (nSPS) is 10.7. The second-order valence-corrected chi connectivity index (χ2v) is 8.45. The fraction of sp³-hybridized carbons (Fsp3) is 0.217. The van der Waals surface area contributed by atoms with Gasteiger partial charge in [0.05, 0.1) is 17.2 Å². The van der Waals surface area contributed by atoms with Gasteiger partial charge >= 0.3 is 0 Å². The van der Waals surface area contributed by atoms with Gasteiger partial charge in [0, 0.05) is 16.7 Å². The molecule has 3 nitrogen and oxygen atoms in total. The standard InChI is InChI=1S/C23H22BrCl2NO2/c1-14-4-6-18(8-15(14)2)27-12-17-10-22(28-3)23(11-19(17)24)29-13-16-5-7-20(25)21(26)9-16/h4-11,27H,12-13H2,1-3H3. The first-order valence-electron chi connectivity index (χ1n) is 9.11. The first-order valence-corrected chi connectivity index (χ1v) is 10.7. The van der Waals surface area contributed by atoms with Crippen LogP contribution in [0.15, 0.2) is 53.0 Å². The molecule has 0 aliphatic heterocycles. The summed E-state index contributed by atoms with van der Waals surface area (Å²) in [5.41, 5.74) is 5.62. The summed E-state index contributed by atoms with van der Waals surface area (Å²) in [6, 6.07) is 15.7. The van der Waals surface area contributed by atoms with Crippen LogP contribution in [0.2, 0.25) is 10.0 Å². The molecule has 152 valence electrons. The predicted octanol–water partition coefficient (Wildman–Crippen LogP) is 7.57. The van der Waals surface area contributed by atoms with E-state index in [-0.39, 0.29) is 0 Å². The highest BCUT2D eigenvalue weighted by Crippen LogP contribution is 2.35. The molecule has 0 aliphatic rings. The molecule has 3 rings (SSSR count). The lowest BCUT2D eigenvalue weighted by molar-refractivity contribution is 0.284. The number of aryl methyl sites for hydroxylation is 2. The number of ether oxygens (including phenoxy) is 2. The molecular weight excluding hydrogens is 473 g/mol. The predicted molar refractivity (Wildman–Crippen MR) is 125 cm³/mol. The van der Waals surface area contributed by atoms with E-state index >= 15 is 0 Å². The Bertz CT molecular complexity index is 1020. The van der Waals surface area contributed by atoms with Gasteiger partial charge in [-0.05, 0) is 72.5 Å². The van der Waals surface area contributed by atoms with Crippen LogP contribution >= 0.6 is 39.1 Å². The molecule has 0 radical (unpaired) electrons. The van der Waals surface area contributed by atoms with Gasteiger partial charge in [0.25, 0.3) is 0 Å². The number of rotatable bonds is 7. The molecule has 1 N–H and O–H groups in total. The molecule has 0 heterocycles. The quantitative estimate of drug-likeness (QED) is 0.367. The summed E-state index contributed by atoms with van der Waals surface area (Å²) < 4.78 is 12.4. The first kappa shape index (κ1) is 21.8. The minimum absolute atomic E-state index is 0.361. The molecular formula is C23H22BrCl2NO2. The fourth-order valence-electron chi connectivity index (χ4n) is 2.82. The average molecular weight is 495 g/mol. The SMILES string of the molecule is COc1cc(CNc2ccc(C)c(C)c2)c(Br)cc1OCc1ccc(Cl)c(Cl)c1. The van der Waals surface area contributed by atoms with E-state index in [2.05, 4.69) is 53.3 Å². The van der Waals surface area contributed by atoms with Crippen molar-refractivity contribution in [3.8, 4) is 11.5 Å². The lowest BCUT2D eigenvalue weighted by Gasteiger charge is -2.15. The molecule has 0 amide bonds. The van der Waals surface area contributed by atoms with Crippen molar-refractivity contribution in [3.63, 3.8) is 0 Å². The maximum atomic E-state index is 6.08. The number of anilines is 1. The van der Waals surface area contributed by atoms with Crippen LogP contribution in [-0.4, -0.2) is 7.11 Å². The molecule has 0 fully saturated rings. The second-order valence-electron chi connectivity index (χ2n) is 6.78. The second kappa shape index (κ2) is 9.75. The number of hydrogen-bond donors (Lipinski definition) is 1. The Labute approximate surface area is 190 Å². The Balaban J connectivity index is 1.72. The minimum atomic E-state index is 0.361. The third-order valence-corrected chi connectivity index (χ3v) is 6.18. The summed E-state index contributed by atoms with van der Waals surface area (Å²) in [6.07, 6.45) is 0. The lowest BCUT2D eigenvalue weighted by Crippen LogP contribution is -2.03. The smallest absolute Gasteiger partial charge is 0.162 e. The zero-order valence-corrected chi connectivity index (χ0v) is 19.6. The van der Waals surface area contributed by atoms with E-state index in [9.17, 15) is 0 Å². The highest BCUT2D eigenvalue weighted by molar-refractivity contribution is 9.10. The van der Waals surface area contributed by atoms with E-state index in [0.29, 0.717) is 34.7 Å². The molecule has 0 unspecified atom stereocenters. The van der Waals surface area contributed by atoms with Crippen molar-refractivity contribution in [3.05, 3.63) is 85.3 Å². The average Bonchev–Trinajstić information content (AvgIpc) is 2.70. The first-order chi connectivity index (χ1) is 13.9. The van der Waals surface area contributed by atoms with E-state index in [1.54, 1.807) is 19.2 Å². The van der Waals surface area contributed by atoms with Crippen LogP contribution in [0.3, 0.4) is 0 Å². The van der Waals surface area contributed by atoms with Crippen molar-refractivity contribution in [2.24, 2.45) is 0 Å². The third-order valence-electron chi connectivity index (χ3n) is 4.70. The van der Waals surface area contributed by atoms with Crippen molar-refractivity contribution in [1.82, 2.24) is 0 Å². The molecule has 6 heteroatoms. The van der Waals surface area contributed by atoms with Crippen molar-refractivity contribution < 1.29 is 9.47 Å². The largest absolute Gasteiger partial charge is 0.493 e. The molecule has 0 bridgehead atoms. The minimum Gasteiger partial charge on any atom is -0.493 e. The van der Waals surface area contributed by atoms with E-state index in [1.807, 2.05) is 18.2 Å². The van der Waals surface area contributed by atoms with Crippen LogP contribution < -0.4 is 14.8 Å². The van der Waals surface area contributed by atoms with Crippen molar-refractivity contribution >= 4 is 44.8 Å². The maximum Gasteiger partial charge on any atom is 0.162 e. The highest BCUT2D eigenvalue weighted by Gasteiger charge is 2.11. The van der Waals surface area contributed by atoms with E-state index < -0.39 is 0 Å². The van der Waals surface area contributed by atoms with Gasteiger partial charge in [-0.2, -0.15) is 0 Å². The van der Waals surface area contributed by atoms with E-state index in [0.717, 1.165) is 21.3 Å². The van der Waals surface area contributed by atoms with Gasteiger partial charge in [-0.25, -0.2) is 0 Å². The van der Waals surface area contributed by atoms with E-state index in [4.69, 9.17) is 32.7 Å². The Hall–Kier alpha value is -1.88. The van der Waals surface area contributed by atoms with Crippen LogP contribution in [0, 0.1) is 13.8 Å². The topological polar surface area (TPSA) is 30.5 Å². The molecule has 0 spiro atoms. The van der Waals surface area contributed by atoms with Gasteiger partial charge in [0.1, 0.15) is 6.61 Å². The molecule has 3 aromatic carbocycles. The van der Waals surface area contributed by atoms with Crippen molar-refractivity contribution in [2.75, 3.05) is 12.4 Å². The Morgan fingerprint density at radius 1 is 0.897 bits per heavy atom. The van der Waals surface area contributed by atoms with Gasteiger partial charge in [-0.3, -0.25) is 0 Å². The molecule has 0 aliphatic carbocycles. The van der Waals surface area contributed by atoms with Crippen molar-refractivity contribution in [2.45, 2.75) is 27.0 Å². The molecule has 0 aromatic heterocycles. The molecule has 3 aromatic rings. The summed E-state index contributed by atoms with van der Waals surface area (Å²) in [5, 5.41) is 4.49. The highest BCUT2D eigenvalue weighted by atomic mass is 79.9. The van der Waals surface area contributed by atoms with Gasteiger partial charge in [-0.15, -0.1) is 0 Å². The Morgan fingerprint density at radius 2 is 1.69 bits per heavy atom. The molecule has 0 saturated carbocycles. The third kappa shape index (κ3) is 5.59. The summed E-state index contributed by atoms with van der Waals surface area (Å²) in [4.78, 5) is 0. The monoisotopic (exact) mass is 493 g/mol. The van der Waals surface area contributed by atoms with Crippen LogP contribution in [0.5, 0.6) is 11.5 Å². The summed E-state index contributed by atoms with van der Waals surface area (Å²) in [5.74, 6) is 1.32. The van der Waals surface area contributed by atoms with Gasteiger partial charge in [-0.1, -0.05) is 51.3 Å². The van der Waals surface area contributed by atoms with Crippen LogP contribution in [0.25, 0.3) is 0 Å². The Morgan fingerprint density at radius 3 is 2.38 bits per heavy atom. The van der Waals surface area contributed by atoms with Crippen LogP contribution in [0.1, 0.15) is 22.3 Å². The number of methoxy groups -OCH3 is 1. The molecule has 29 heavy (non-hydrogen) atoms. The fourth-order valence-corrected chi connectivity index (χ4v) is 3.61. The summed E-state index contributed by atoms with van der Waals surface area (Å²) in [6.45, 7) is 5.24. The number of halogens is 3. The summed E-state index contributed by atoms with van der Waals surface area (Å²) in [7, 11) is 1.63. The van der Waals surface area contributed by atoms with Gasteiger partial charge in [0.2, 0.25) is 0 Å². The van der Waals surface area contributed by atoms with Gasteiger partial charge < -0.3 is 14.8 Å². The van der Waals surface area contributed by atoms with Crippen LogP contribution in [-0.2, 0) is 13.2 Å².